The van der Waals surface area contributed by atoms with Crippen molar-refractivity contribution in [2.75, 3.05) is 32.1 Å². The highest BCUT2D eigenvalue weighted by Gasteiger charge is 2.24. The summed E-state index contributed by atoms with van der Waals surface area (Å²) in [4.78, 5) is 14.2. The van der Waals surface area contributed by atoms with E-state index in [0.29, 0.717) is 28.9 Å². The molecule has 1 aromatic rings. The number of nitrogens with two attached hydrogens (primary N) is 1. The summed E-state index contributed by atoms with van der Waals surface area (Å²) in [5.41, 5.74) is 6.66. The zero-order valence-corrected chi connectivity index (χ0v) is 13.2. The van der Waals surface area contributed by atoms with Crippen molar-refractivity contribution >= 4 is 23.2 Å². The van der Waals surface area contributed by atoms with E-state index in [0.717, 1.165) is 19.5 Å². The van der Waals surface area contributed by atoms with Crippen LogP contribution in [0.15, 0.2) is 18.2 Å². The quantitative estimate of drug-likeness (QED) is 0.892. The van der Waals surface area contributed by atoms with E-state index in [1.54, 1.807) is 25.3 Å². The smallest absolute Gasteiger partial charge is 0.238 e. The Kier molecular flexibility index (Phi) is 5.45. The maximum Gasteiger partial charge on any atom is 0.238 e. The Morgan fingerprint density at radius 1 is 1.57 bits per heavy atom. The number of hydrogen-bond acceptors (Lipinski definition) is 4. The fraction of sp³-hybridized carbons (Fsp3) is 0.533. The average molecular weight is 312 g/mol. The number of amides is 1. The fourth-order valence-electron chi connectivity index (χ4n) is 2.54. The normalized spacial score (nSPS) is 22.9. The summed E-state index contributed by atoms with van der Waals surface area (Å²) >= 11 is 6.04. The molecule has 1 fully saturated rings. The molecular weight excluding hydrogens is 290 g/mol. The summed E-state index contributed by atoms with van der Waals surface area (Å²) in [5, 5.41) is 3.34. The predicted octanol–water partition coefficient (Wildman–Crippen LogP) is 1.96. The van der Waals surface area contributed by atoms with Gasteiger partial charge in [-0.1, -0.05) is 18.5 Å². The first-order valence-electron chi connectivity index (χ1n) is 7.11. The van der Waals surface area contributed by atoms with E-state index in [4.69, 9.17) is 22.1 Å². The highest BCUT2D eigenvalue weighted by Crippen LogP contribution is 2.27. The van der Waals surface area contributed by atoms with Crippen molar-refractivity contribution in [3.63, 3.8) is 0 Å². The Labute approximate surface area is 130 Å². The van der Waals surface area contributed by atoms with Crippen LogP contribution in [0, 0.1) is 5.92 Å². The third-order valence-corrected chi connectivity index (χ3v) is 4.15. The second-order valence-corrected chi connectivity index (χ2v) is 5.97. The first kappa shape index (κ1) is 16.1. The molecule has 1 aliphatic rings. The molecule has 0 spiro atoms. The summed E-state index contributed by atoms with van der Waals surface area (Å²) < 4.78 is 5.08. The molecule has 3 N–H and O–H groups in total. The van der Waals surface area contributed by atoms with E-state index in [1.807, 2.05) is 0 Å². The van der Waals surface area contributed by atoms with Crippen LogP contribution in [0.1, 0.15) is 13.3 Å². The minimum Gasteiger partial charge on any atom is -0.495 e. The molecule has 2 rings (SSSR count). The van der Waals surface area contributed by atoms with Crippen molar-refractivity contribution in [3.05, 3.63) is 23.2 Å². The zero-order valence-electron chi connectivity index (χ0n) is 12.4. The standard InChI is InChI=1S/C15H22ClN3O2/c1-10-8-19(6-5-13(10)17)9-15(20)18-11-3-4-14(21-2)12(16)7-11/h3-4,7,10,13H,5-6,8-9,17H2,1-2H3,(H,18,20). The Morgan fingerprint density at radius 2 is 2.33 bits per heavy atom. The van der Waals surface area contributed by atoms with Gasteiger partial charge in [-0.25, -0.2) is 0 Å². The molecule has 1 aromatic carbocycles. The van der Waals surface area contributed by atoms with Crippen LogP contribution in [0.5, 0.6) is 5.75 Å². The lowest BCUT2D eigenvalue weighted by Crippen LogP contribution is -2.48. The van der Waals surface area contributed by atoms with E-state index in [9.17, 15) is 4.79 Å². The average Bonchev–Trinajstić information content (AvgIpc) is 2.43. The number of nitrogens with one attached hydrogen (secondary N) is 1. The van der Waals surface area contributed by atoms with E-state index >= 15 is 0 Å². The number of methoxy groups -OCH3 is 1. The SMILES string of the molecule is COc1ccc(NC(=O)CN2CCC(N)C(C)C2)cc1Cl. The number of rotatable bonds is 4. The van der Waals surface area contributed by atoms with Gasteiger partial charge in [0, 0.05) is 24.8 Å². The molecule has 0 aliphatic carbocycles. The lowest BCUT2D eigenvalue weighted by molar-refractivity contribution is -0.117. The van der Waals surface area contributed by atoms with Crippen molar-refractivity contribution < 1.29 is 9.53 Å². The van der Waals surface area contributed by atoms with Crippen LogP contribution in [0.4, 0.5) is 5.69 Å². The molecule has 1 aliphatic heterocycles. The summed E-state index contributed by atoms with van der Waals surface area (Å²) in [6.07, 6.45) is 0.933. The largest absolute Gasteiger partial charge is 0.495 e. The van der Waals surface area contributed by atoms with Crippen molar-refractivity contribution in [1.29, 1.82) is 0 Å². The third kappa shape index (κ3) is 4.33. The summed E-state index contributed by atoms with van der Waals surface area (Å²) in [5.74, 6) is 0.967. The lowest BCUT2D eigenvalue weighted by atomic mass is 9.95. The monoisotopic (exact) mass is 311 g/mol. The summed E-state index contributed by atoms with van der Waals surface area (Å²) in [6, 6.07) is 5.44. The molecule has 1 amide bonds. The van der Waals surface area contributed by atoms with Gasteiger partial charge in [-0.2, -0.15) is 0 Å². The van der Waals surface area contributed by atoms with E-state index < -0.39 is 0 Å². The molecule has 21 heavy (non-hydrogen) atoms. The second-order valence-electron chi connectivity index (χ2n) is 5.56. The van der Waals surface area contributed by atoms with Crippen LogP contribution < -0.4 is 15.8 Å². The highest BCUT2D eigenvalue weighted by molar-refractivity contribution is 6.32. The van der Waals surface area contributed by atoms with Crippen molar-refractivity contribution in [3.8, 4) is 5.75 Å². The molecule has 0 radical (unpaired) electrons. The van der Waals surface area contributed by atoms with Crippen LogP contribution in [-0.2, 0) is 4.79 Å². The number of carbonyl (C=O) groups excluding carboxylic acids is 1. The lowest BCUT2D eigenvalue weighted by Gasteiger charge is -2.34. The predicted molar refractivity (Wildman–Crippen MR) is 84.8 cm³/mol. The minimum atomic E-state index is -0.0427. The Morgan fingerprint density at radius 3 is 2.95 bits per heavy atom. The van der Waals surface area contributed by atoms with Crippen molar-refractivity contribution in [2.24, 2.45) is 11.7 Å². The molecule has 5 nitrogen and oxygen atoms in total. The molecule has 2 atom stereocenters. The summed E-state index contributed by atoms with van der Waals surface area (Å²) in [6.45, 7) is 4.22. The molecular formula is C15H22ClN3O2. The van der Waals surface area contributed by atoms with Crippen LogP contribution >= 0.6 is 11.6 Å². The molecule has 1 heterocycles. The van der Waals surface area contributed by atoms with Crippen LogP contribution in [-0.4, -0.2) is 43.6 Å². The van der Waals surface area contributed by atoms with Gasteiger partial charge in [0.2, 0.25) is 5.91 Å². The molecule has 1 saturated heterocycles. The van der Waals surface area contributed by atoms with Gasteiger partial charge in [-0.3, -0.25) is 9.69 Å². The Balaban J connectivity index is 1.88. The molecule has 0 saturated carbocycles. The number of benzene rings is 1. The third-order valence-electron chi connectivity index (χ3n) is 3.86. The van der Waals surface area contributed by atoms with Gasteiger partial charge in [0.25, 0.3) is 0 Å². The first-order valence-corrected chi connectivity index (χ1v) is 7.48. The Bertz CT molecular complexity index is 510. The minimum absolute atomic E-state index is 0.0427. The highest BCUT2D eigenvalue weighted by atomic mass is 35.5. The zero-order chi connectivity index (χ0) is 15.4. The number of carbonyl (C=O) groups is 1. The van der Waals surface area contributed by atoms with E-state index in [-0.39, 0.29) is 11.9 Å². The molecule has 2 unspecified atom stereocenters. The van der Waals surface area contributed by atoms with Gasteiger partial charge in [0.1, 0.15) is 5.75 Å². The topological polar surface area (TPSA) is 67.6 Å². The van der Waals surface area contributed by atoms with Crippen LogP contribution in [0.25, 0.3) is 0 Å². The maximum atomic E-state index is 12.1. The number of ether oxygens (including phenoxy) is 1. The van der Waals surface area contributed by atoms with Gasteiger partial charge >= 0.3 is 0 Å². The van der Waals surface area contributed by atoms with Gasteiger partial charge in [-0.05, 0) is 30.5 Å². The molecule has 0 aromatic heterocycles. The number of halogens is 1. The maximum absolute atomic E-state index is 12.1. The van der Waals surface area contributed by atoms with Gasteiger partial charge in [0.15, 0.2) is 0 Å². The van der Waals surface area contributed by atoms with Gasteiger partial charge < -0.3 is 15.8 Å². The summed E-state index contributed by atoms with van der Waals surface area (Å²) in [7, 11) is 1.56. The van der Waals surface area contributed by atoms with E-state index in [1.165, 1.54) is 0 Å². The fourth-order valence-corrected chi connectivity index (χ4v) is 2.80. The van der Waals surface area contributed by atoms with Crippen molar-refractivity contribution in [2.45, 2.75) is 19.4 Å². The number of likely N-dealkylation sites (tertiary alicyclic amines) is 1. The van der Waals surface area contributed by atoms with Gasteiger partial charge in [0.05, 0.1) is 18.7 Å². The molecule has 116 valence electrons. The Hall–Kier alpha value is -1.30. The number of hydrogen-bond donors (Lipinski definition) is 2. The number of anilines is 1. The second kappa shape index (κ2) is 7.11. The first-order chi connectivity index (χ1) is 9.99. The van der Waals surface area contributed by atoms with Crippen molar-refractivity contribution in [1.82, 2.24) is 4.90 Å². The number of nitrogens with zero attached hydrogens (tertiary/aromatic N) is 1. The van der Waals surface area contributed by atoms with Gasteiger partial charge in [-0.15, -0.1) is 0 Å². The van der Waals surface area contributed by atoms with Crippen LogP contribution in [0.3, 0.4) is 0 Å². The van der Waals surface area contributed by atoms with E-state index in [2.05, 4.69) is 17.1 Å². The van der Waals surface area contributed by atoms with Crippen LogP contribution in [0.2, 0.25) is 5.02 Å². The number of piperidine rings is 1. The molecule has 6 heteroatoms. The molecule has 0 bridgehead atoms.